The SMILES string of the molecule is CC(C)(C)CC1CCCN1C(=O)CCc1nc(-c2ncccn2)no1. The number of amides is 1. The highest BCUT2D eigenvalue weighted by Gasteiger charge is 2.31. The normalized spacial score (nSPS) is 17.9. The predicted molar refractivity (Wildman–Crippen MR) is 92.5 cm³/mol. The zero-order valence-corrected chi connectivity index (χ0v) is 15.1. The van der Waals surface area contributed by atoms with Crippen molar-refractivity contribution in [2.45, 2.75) is 58.9 Å². The quantitative estimate of drug-likeness (QED) is 0.830. The molecular formula is C18H25N5O2. The van der Waals surface area contributed by atoms with Crippen molar-refractivity contribution < 1.29 is 9.32 Å². The molecule has 7 nitrogen and oxygen atoms in total. The van der Waals surface area contributed by atoms with E-state index in [0.29, 0.717) is 36.4 Å². The standard InChI is InChI=1S/C18H25N5O2/c1-18(2,3)12-13-6-4-11-23(13)15(24)8-7-14-21-17(22-25-14)16-19-9-5-10-20-16/h5,9-10,13H,4,6-8,11-12H2,1-3H3. The summed E-state index contributed by atoms with van der Waals surface area (Å²) in [6, 6.07) is 2.08. The lowest BCUT2D eigenvalue weighted by Gasteiger charge is -2.30. The Morgan fingerprint density at radius 2 is 2.04 bits per heavy atom. The summed E-state index contributed by atoms with van der Waals surface area (Å²) in [6.45, 7) is 7.52. The lowest BCUT2D eigenvalue weighted by Crippen LogP contribution is -2.37. The minimum Gasteiger partial charge on any atom is -0.340 e. The van der Waals surface area contributed by atoms with Crippen LogP contribution in [0.1, 0.15) is 52.3 Å². The van der Waals surface area contributed by atoms with Crippen LogP contribution in [-0.4, -0.2) is 43.5 Å². The molecule has 0 N–H and O–H groups in total. The maximum atomic E-state index is 12.6. The summed E-state index contributed by atoms with van der Waals surface area (Å²) >= 11 is 0. The maximum absolute atomic E-state index is 12.6. The van der Waals surface area contributed by atoms with Crippen molar-refractivity contribution in [2.75, 3.05) is 6.54 Å². The first kappa shape index (κ1) is 17.5. The smallest absolute Gasteiger partial charge is 0.240 e. The third kappa shape index (κ3) is 4.61. The monoisotopic (exact) mass is 343 g/mol. The molecule has 1 aliphatic heterocycles. The Balaban J connectivity index is 1.56. The van der Waals surface area contributed by atoms with Crippen molar-refractivity contribution in [1.82, 2.24) is 25.0 Å². The summed E-state index contributed by atoms with van der Waals surface area (Å²) in [5.41, 5.74) is 0.227. The van der Waals surface area contributed by atoms with Gasteiger partial charge in [0.25, 0.3) is 0 Å². The fraction of sp³-hybridized carbons (Fsp3) is 0.611. The Kier molecular flexibility index (Phi) is 5.11. The molecular weight excluding hydrogens is 318 g/mol. The minimum atomic E-state index is 0.169. The average molecular weight is 343 g/mol. The highest BCUT2D eigenvalue weighted by atomic mass is 16.5. The van der Waals surface area contributed by atoms with Gasteiger partial charge >= 0.3 is 0 Å². The Morgan fingerprint density at radius 3 is 2.76 bits per heavy atom. The second kappa shape index (κ2) is 7.29. The Hall–Kier alpha value is -2.31. The molecule has 1 aliphatic rings. The number of likely N-dealkylation sites (tertiary alicyclic amines) is 1. The Morgan fingerprint density at radius 1 is 1.28 bits per heavy atom. The molecule has 1 amide bonds. The second-order valence-electron chi connectivity index (χ2n) is 7.73. The van der Waals surface area contributed by atoms with Crippen LogP contribution in [0.3, 0.4) is 0 Å². The Labute approximate surface area is 147 Å². The van der Waals surface area contributed by atoms with Crippen LogP contribution in [0, 0.1) is 5.41 Å². The molecule has 0 spiro atoms. The molecule has 2 aromatic rings. The fourth-order valence-corrected chi connectivity index (χ4v) is 3.30. The minimum absolute atomic E-state index is 0.169. The van der Waals surface area contributed by atoms with Crippen LogP contribution in [0.4, 0.5) is 0 Å². The first-order chi connectivity index (χ1) is 11.9. The molecule has 134 valence electrons. The number of hydrogen-bond donors (Lipinski definition) is 0. The van der Waals surface area contributed by atoms with E-state index in [1.54, 1.807) is 18.5 Å². The van der Waals surface area contributed by atoms with E-state index in [9.17, 15) is 4.79 Å². The molecule has 1 saturated heterocycles. The van der Waals surface area contributed by atoms with Crippen LogP contribution >= 0.6 is 0 Å². The van der Waals surface area contributed by atoms with Gasteiger partial charge in [0.1, 0.15) is 0 Å². The number of rotatable bonds is 5. The summed E-state index contributed by atoms with van der Waals surface area (Å²) < 4.78 is 5.23. The molecule has 3 heterocycles. The van der Waals surface area contributed by atoms with Crippen LogP contribution in [0.15, 0.2) is 23.0 Å². The topological polar surface area (TPSA) is 85.0 Å². The van der Waals surface area contributed by atoms with Gasteiger partial charge in [-0.2, -0.15) is 4.98 Å². The third-order valence-electron chi connectivity index (χ3n) is 4.33. The van der Waals surface area contributed by atoms with Crippen molar-refractivity contribution in [3.8, 4) is 11.6 Å². The van der Waals surface area contributed by atoms with E-state index in [-0.39, 0.29) is 11.3 Å². The molecule has 0 aromatic carbocycles. The summed E-state index contributed by atoms with van der Waals surface area (Å²) in [5, 5.41) is 3.89. The average Bonchev–Trinajstić information content (AvgIpc) is 3.21. The lowest BCUT2D eigenvalue weighted by molar-refractivity contribution is -0.132. The molecule has 0 saturated carbocycles. The number of aryl methyl sites for hydroxylation is 1. The summed E-state index contributed by atoms with van der Waals surface area (Å²) in [4.78, 5) is 27.1. The highest BCUT2D eigenvalue weighted by Crippen LogP contribution is 2.30. The molecule has 0 radical (unpaired) electrons. The summed E-state index contributed by atoms with van der Waals surface area (Å²) in [7, 11) is 0. The van der Waals surface area contributed by atoms with E-state index >= 15 is 0 Å². The van der Waals surface area contributed by atoms with Gasteiger partial charge in [0.15, 0.2) is 0 Å². The Bertz CT molecular complexity index is 708. The van der Waals surface area contributed by atoms with Crippen molar-refractivity contribution in [3.63, 3.8) is 0 Å². The van der Waals surface area contributed by atoms with E-state index < -0.39 is 0 Å². The van der Waals surface area contributed by atoms with Crippen molar-refractivity contribution in [3.05, 3.63) is 24.4 Å². The summed E-state index contributed by atoms with van der Waals surface area (Å²) in [5.74, 6) is 1.40. The van der Waals surface area contributed by atoms with Gasteiger partial charge < -0.3 is 9.42 Å². The number of hydrogen-bond acceptors (Lipinski definition) is 6. The van der Waals surface area contributed by atoms with E-state index in [2.05, 4.69) is 40.9 Å². The van der Waals surface area contributed by atoms with Gasteiger partial charge in [-0.3, -0.25) is 4.79 Å². The summed E-state index contributed by atoms with van der Waals surface area (Å²) in [6.07, 6.45) is 7.31. The van der Waals surface area contributed by atoms with Crippen LogP contribution < -0.4 is 0 Å². The molecule has 25 heavy (non-hydrogen) atoms. The van der Waals surface area contributed by atoms with E-state index in [1.165, 1.54) is 0 Å². The predicted octanol–water partition coefficient (Wildman–Crippen LogP) is 2.89. The van der Waals surface area contributed by atoms with E-state index in [0.717, 1.165) is 25.8 Å². The molecule has 3 rings (SSSR count). The first-order valence-corrected chi connectivity index (χ1v) is 8.82. The number of carbonyl (C=O) groups is 1. The molecule has 7 heteroatoms. The van der Waals surface area contributed by atoms with Crippen molar-refractivity contribution >= 4 is 5.91 Å². The van der Waals surface area contributed by atoms with Gasteiger partial charge in [-0.05, 0) is 30.7 Å². The van der Waals surface area contributed by atoms with Crippen molar-refractivity contribution in [1.29, 1.82) is 0 Å². The maximum Gasteiger partial charge on any atom is 0.240 e. The first-order valence-electron chi connectivity index (χ1n) is 8.82. The van der Waals surface area contributed by atoms with Crippen molar-refractivity contribution in [2.24, 2.45) is 5.41 Å². The van der Waals surface area contributed by atoms with E-state index in [1.807, 2.05) is 4.90 Å². The second-order valence-corrected chi connectivity index (χ2v) is 7.73. The van der Waals surface area contributed by atoms with Crippen LogP contribution in [0.5, 0.6) is 0 Å². The van der Waals surface area contributed by atoms with Crippen LogP contribution in [0.25, 0.3) is 11.6 Å². The fourth-order valence-electron chi connectivity index (χ4n) is 3.30. The van der Waals surface area contributed by atoms with Crippen LogP contribution in [0.2, 0.25) is 0 Å². The van der Waals surface area contributed by atoms with Gasteiger partial charge in [-0.1, -0.05) is 25.9 Å². The van der Waals surface area contributed by atoms with E-state index in [4.69, 9.17) is 4.52 Å². The zero-order chi connectivity index (χ0) is 17.9. The molecule has 2 aromatic heterocycles. The molecule has 0 aliphatic carbocycles. The number of nitrogens with zero attached hydrogens (tertiary/aromatic N) is 5. The number of aromatic nitrogens is 4. The number of carbonyl (C=O) groups excluding carboxylic acids is 1. The molecule has 1 unspecified atom stereocenters. The largest absolute Gasteiger partial charge is 0.340 e. The van der Waals surface area contributed by atoms with Gasteiger partial charge in [0.05, 0.1) is 0 Å². The zero-order valence-electron chi connectivity index (χ0n) is 15.1. The molecule has 0 bridgehead atoms. The lowest BCUT2D eigenvalue weighted by atomic mass is 9.87. The van der Waals surface area contributed by atoms with Crippen LogP contribution in [-0.2, 0) is 11.2 Å². The van der Waals surface area contributed by atoms with Gasteiger partial charge in [0.2, 0.25) is 23.4 Å². The molecule has 1 atom stereocenters. The highest BCUT2D eigenvalue weighted by molar-refractivity contribution is 5.77. The third-order valence-corrected chi connectivity index (χ3v) is 4.33. The molecule has 1 fully saturated rings. The van der Waals surface area contributed by atoms with Gasteiger partial charge in [-0.15, -0.1) is 0 Å². The van der Waals surface area contributed by atoms with Gasteiger partial charge in [0, 0.05) is 37.8 Å². The van der Waals surface area contributed by atoms with Gasteiger partial charge in [-0.25, -0.2) is 9.97 Å².